The van der Waals surface area contributed by atoms with Crippen LogP contribution in [-0.2, 0) is 4.79 Å². The normalized spacial score (nSPS) is 33.6. The van der Waals surface area contributed by atoms with Crippen molar-refractivity contribution in [1.29, 1.82) is 0 Å². The Morgan fingerprint density at radius 2 is 2.31 bits per heavy atom. The van der Waals surface area contributed by atoms with E-state index in [2.05, 4.69) is 10.5 Å². The molecule has 3 aliphatic rings. The van der Waals surface area contributed by atoms with Crippen LogP contribution in [0, 0.1) is 11.3 Å². The number of para-hydroxylation sites is 1. The standard InChI is InChI=1S/C12H10N2O2/c15-11-8-5-12(8)6-16-9-4-2-1-3-7(9)10(12)13-14-11/h1-4,8H,5-6H2,(H,14,15)/t8-,12?/m0/s1. The SMILES string of the molecule is O=C1NN=C2c3ccccc3OCC23C[C@@H]13. The van der Waals surface area contributed by atoms with Crippen molar-refractivity contribution in [2.24, 2.45) is 16.4 Å². The molecule has 1 N–H and O–H groups in total. The Hall–Kier alpha value is -1.84. The molecule has 1 spiro atoms. The van der Waals surface area contributed by atoms with Crippen LogP contribution in [0.15, 0.2) is 29.4 Å². The first-order valence-corrected chi connectivity index (χ1v) is 5.41. The van der Waals surface area contributed by atoms with E-state index in [4.69, 9.17) is 4.74 Å². The van der Waals surface area contributed by atoms with Gasteiger partial charge in [-0.15, -0.1) is 0 Å². The average Bonchev–Trinajstić information content (AvgIpc) is 3.05. The molecule has 1 aliphatic carbocycles. The van der Waals surface area contributed by atoms with Crippen molar-refractivity contribution >= 4 is 11.6 Å². The molecule has 0 aromatic heterocycles. The summed E-state index contributed by atoms with van der Waals surface area (Å²) in [4.78, 5) is 11.5. The van der Waals surface area contributed by atoms with Gasteiger partial charge >= 0.3 is 0 Å². The molecule has 16 heavy (non-hydrogen) atoms. The van der Waals surface area contributed by atoms with Gasteiger partial charge in [0, 0.05) is 5.56 Å². The van der Waals surface area contributed by atoms with Gasteiger partial charge in [0.1, 0.15) is 12.4 Å². The highest BCUT2D eigenvalue weighted by molar-refractivity contribution is 6.14. The van der Waals surface area contributed by atoms with Crippen molar-refractivity contribution in [2.45, 2.75) is 6.42 Å². The molecule has 4 nitrogen and oxygen atoms in total. The van der Waals surface area contributed by atoms with E-state index < -0.39 is 0 Å². The molecule has 2 aliphatic heterocycles. The fourth-order valence-corrected chi connectivity index (χ4v) is 2.76. The fourth-order valence-electron chi connectivity index (χ4n) is 2.76. The van der Waals surface area contributed by atoms with Gasteiger partial charge in [0.15, 0.2) is 0 Å². The summed E-state index contributed by atoms with van der Waals surface area (Å²) < 4.78 is 5.73. The van der Waals surface area contributed by atoms with E-state index in [9.17, 15) is 4.79 Å². The number of carbonyl (C=O) groups excluding carboxylic acids is 1. The summed E-state index contributed by atoms with van der Waals surface area (Å²) >= 11 is 0. The Balaban J connectivity index is 1.93. The Labute approximate surface area is 92.3 Å². The van der Waals surface area contributed by atoms with Gasteiger partial charge in [-0.1, -0.05) is 12.1 Å². The zero-order chi connectivity index (χ0) is 10.8. The minimum atomic E-state index is -0.128. The van der Waals surface area contributed by atoms with Crippen LogP contribution in [0.3, 0.4) is 0 Å². The minimum absolute atomic E-state index is 0.0340. The molecule has 1 fully saturated rings. The van der Waals surface area contributed by atoms with Crippen molar-refractivity contribution in [3.05, 3.63) is 29.8 Å². The predicted molar refractivity (Wildman–Crippen MR) is 57.2 cm³/mol. The summed E-state index contributed by atoms with van der Waals surface area (Å²) in [6.45, 7) is 0.584. The zero-order valence-corrected chi connectivity index (χ0v) is 8.56. The Morgan fingerprint density at radius 1 is 1.44 bits per heavy atom. The van der Waals surface area contributed by atoms with Crippen LogP contribution in [0.1, 0.15) is 12.0 Å². The minimum Gasteiger partial charge on any atom is -0.492 e. The van der Waals surface area contributed by atoms with Crippen LogP contribution < -0.4 is 10.2 Å². The number of benzene rings is 1. The molecule has 4 rings (SSSR count). The van der Waals surface area contributed by atoms with Crippen LogP contribution in [0.25, 0.3) is 0 Å². The molecular formula is C12H10N2O2. The molecule has 0 saturated heterocycles. The summed E-state index contributed by atoms with van der Waals surface area (Å²) in [5.74, 6) is 0.966. The molecule has 1 amide bonds. The number of ether oxygens (including phenoxy) is 1. The van der Waals surface area contributed by atoms with Gasteiger partial charge in [-0.2, -0.15) is 5.10 Å². The third-order valence-electron chi connectivity index (χ3n) is 3.77. The van der Waals surface area contributed by atoms with Gasteiger partial charge in [-0.25, -0.2) is 5.43 Å². The smallest absolute Gasteiger partial charge is 0.244 e. The van der Waals surface area contributed by atoms with Crippen molar-refractivity contribution in [3.63, 3.8) is 0 Å². The van der Waals surface area contributed by atoms with Crippen LogP contribution >= 0.6 is 0 Å². The highest BCUT2D eigenvalue weighted by Crippen LogP contribution is 2.59. The molecular weight excluding hydrogens is 204 g/mol. The highest BCUT2D eigenvalue weighted by atomic mass is 16.5. The van der Waals surface area contributed by atoms with E-state index in [1.165, 1.54) is 0 Å². The third-order valence-corrected chi connectivity index (χ3v) is 3.77. The second-order valence-corrected chi connectivity index (χ2v) is 4.63. The molecule has 1 unspecified atom stereocenters. The van der Waals surface area contributed by atoms with Gasteiger partial charge in [0.2, 0.25) is 5.91 Å². The Morgan fingerprint density at radius 3 is 3.25 bits per heavy atom. The second kappa shape index (κ2) is 2.45. The fraction of sp³-hybridized carbons (Fsp3) is 0.333. The summed E-state index contributed by atoms with van der Waals surface area (Å²) in [5, 5.41) is 4.22. The Bertz CT molecular complexity index is 538. The number of rotatable bonds is 0. The summed E-state index contributed by atoms with van der Waals surface area (Å²) in [5.41, 5.74) is 4.50. The number of hydrogen-bond donors (Lipinski definition) is 1. The third kappa shape index (κ3) is 0.813. The quantitative estimate of drug-likeness (QED) is 0.698. The average molecular weight is 214 g/mol. The van der Waals surface area contributed by atoms with E-state index in [1.54, 1.807) is 0 Å². The van der Waals surface area contributed by atoms with Gasteiger partial charge in [-0.05, 0) is 18.6 Å². The van der Waals surface area contributed by atoms with Gasteiger partial charge in [0.25, 0.3) is 0 Å². The lowest BCUT2D eigenvalue weighted by Gasteiger charge is -2.29. The first-order valence-electron chi connectivity index (χ1n) is 5.41. The maximum absolute atomic E-state index is 11.5. The predicted octanol–water partition coefficient (Wildman–Crippen LogP) is 0.919. The number of nitrogens with zero attached hydrogens (tertiary/aromatic N) is 1. The molecule has 0 radical (unpaired) electrons. The van der Waals surface area contributed by atoms with Crippen LogP contribution in [0.4, 0.5) is 0 Å². The van der Waals surface area contributed by atoms with Crippen LogP contribution in [0.5, 0.6) is 5.75 Å². The first kappa shape index (κ1) is 8.33. The number of hydrogen-bond acceptors (Lipinski definition) is 3. The lowest BCUT2D eigenvalue weighted by molar-refractivity contribution is -0.123. The van der Waals surface area contributed by atoms with Gasteiger partial charge in [-0.3, -0.25) is 4.79 Å². The maximum Gasteiger partial charge on any atom is 0.244 e. The molecule has 2 atom stereocenters. The summed E-state index contributed by atoms with van der Waals surface area (Å²) in [6.07, 6.45) is 0.867. The number of hydrazone groups is 1. The van der Waals surface area contributed by atoms with E-state index in [-0.39, 0.29) is 17.2 Å². The number of nitrogens with one attached hydrogen (secondary N) is 1. The Kier molecular flexibility index (Phi) is 1.28. The van der Waals surface area contributed by atoms with E-state index in [0.717, 1.165) is 23.4 Å². The lowest BCUT2D eigenvalue weighted by Crippen LogP contribution is -2.40. The van der Waals surface area contributed by atoms with Crippen molar-refractivity contribution < 1.29 is 9.53 Å². The van der Waals surface area contributed by atoms with E-state index in [1.807, 2.05) is 24.3 Å². The number of amides is 1. The van der Waals surface area contributed by atoms with Crippen LogP contribution in [0.2, 0.25) is 0 Å². The van der Waals surface area contributed by atoms with Gasteiger partial charge < -0.3 is 4.74 Å². The highest BCUT2D eigenvalue weighted by Gasteiger charge is 2.65. The molecule has 80 valence electrons. The topological polar surface area (TPSA) is 50.7 Å². The maximum atomic E-state index is 11.5. The van der Waals surface area contributed by atoms with E-state index in [0.29, 0.717) is 6.61 Å². The molecule has 1 aromatic carbocycles. The van der Waals surface area contributed by atoms with Crippen molar-refractivity contribution in [3.8, 4) is 5.75 Å². The van der Waals surface area contributed by atoms with Crippen LogP contribution in [-0.4, -0.2) is 18.2 Å². The second-order valence-electron chi connectivity index (χ2n) is 4.63. The zero-order valence-electron chi connectivity index (χ0n) is 8.56. The van der Waals surface area contributed by atoms with Gasteiger partial charge in [0.05, 0.1) is 17.0 Å². The largest absolute Gasteiger partial charge is 0.492 e. The molecule has 0 bridgehead atoms. The summed E-state index contributed by atoms with van der Waals surface area (Å²) in [7, 11) is 0. The molecule has 1 aromatic rings. The van der Waals surface area contributed by atoms with E-state index >= 15 is 0 Å². The van der Waals surface area contributed by atoms with Crippen molar-refractivity contribution in [1.82, 2.24) is 5.43 Å². The first-order chi connectivity index (χ1) is 7.81. The monoisotopic (exact) mass is 214 g/mol. The summed E-state index contributed by atoms with van der Waals surface area (Å²) in [6, 6.07) is 7.86. The molecule has 4 heteroatoms. The molecule has 2 heterocycles. The van der Waals surface area contributed by atoms with Crippen molar-refractivity contribution in [2.75, 3.05) is 6.61 Å². The molecule has 1 saturated carbocycles. The number of carbonyl (C=O) groups is 1. The number of fused-ring (bicyclic) bond motifs is 2. The lowest BCUT2D eigenvalue weighted by atomic mass is 9.88.